The molecule has 134 valence electrons. The molecule has 2 aromatic carbocycles. The SMILES string of the molecule is CC(C)CC1NC(=O)C(C(=O)Nc2ccc(-c3ccccc3)cc2)C1=O. The second kappa shape index (κ2) is 7.52. The van der Waals surface area contributed by atoms with Crippen molar-refractivity contribution in [3.8, 4) is 11.1 Å². The summed E-state index contributed by atoms with van der Waals surface area (Å²) in [6.07, 6.45) is 0.542. The fraction of sp³-hybridized carbons (Fsp3) is 0.286. The van der Waals surface area contributed by atoms with E-state index in [1.54, 1.807) is 12.1 Å². The molecule has 1 aliphatic heterocycles. The van der Waals surface area contributed by atoms with Crippen molar-refractivity contribution in [3.63, 3.8) is 0 Å². The highest BCUT2D eigenvalue weighted by Crippen LogP contribution is 2.23. The number of carbonyl (C=O) groups excluding carboxylic acids is 3. The molecule has 2 atom stereocenters. The van der Waals surface area contributed by atoms with Gasteiger partial charge in [-0.05, 0) is 35.6 Å². The van der Waals surface area contributed by atoms with Crippen LogP contribution in [0.4, 0.5) is 5.69 Å². The third-order valence-corrected chi connectivity index (χ3v) is 4.44. The summed E-state index contributed by atoms with van der Waals surface area (Å²) in [4.78, 5) is 36.9. The number of anilines is 1. The van der Waals surface area contributed by atoms with Gasteiger partial charge in [0.05, 0.1) is 6.04 Å². The van der Waals surface area contributed by atoms with Gasteiger partial charge in [-0.25, -0.2) is 0 Å². The first-order valence-corrected chi connectivity index (χ1v) is 8.76. The lowest BCUT2D eigenvalue weighted by molar-refractivity contribution is -0.135. The van der Waals surface area contributed by atoms with E-state index in [4.69, 9.17) is 0 Å². The van der Waals surface area contributed by atoms with Crippen molar-refractivity contribution in [2.45, 2.75) is 26.3 Å². The molecular formula is C21H22N2O3. The molecule has 3 rings (SSSR count). The summed E-state index contributed by atoms with van der Waals surface area (Å²) in [5.74, 6) is -2.45. The zero-order valence-corrected chi connectivity index (χ0v) is 14.9. The third-order valence-electron chi connectivity index (χ3n) is 4.44. The Morgan fingerprint density at radius 2 is 1.62 bits per heavy atom. The van der Waals surface area contributed by atoms with Crippen molar-refractivity contribution in [1.29, 1.82) is 0 Å². The second-order valence-electron chi connectivity index (χ2n) is 6.96. The highest BCUT2D eigenvalue weighted by Gasteiger charge is 2.45. The summed E-state index contributed by atoms with van der Waals surface area (Å²) < 4.78 is 0. The van der Waals surface area contributed by atoms with Crippen LogP contribution in [0.1, 0.15) is 20.3 Å². The lowest BCUT2D eigenvalue weighted by atomic mass is 9.96. The Morgan fingerprint density at radius 1 is 1.00 bits per heavy atom. The highest BCUT2D eigenvalue weighted by atomic mass is 16.2. The number of benzene rings is 2. The van der Waals surface area contributed by atoms with Crippen LogP contribution in [0.25, 0.3) is 11.1 Å². The number of carbonyl (C=O) groups is 3. The zero-order valence-electron chi connectivity index (χ0n) is 14.9. The fourth-order valence-electron chi connectivity index (χ4n) is 3.14. The average Bonchev–Trinajstić information content (AvgIpc) is 2.89. The maximum Gasteiger partial charge on any atom is 0.244 e. The van der Waals surface area contributed by atoms with Crippen LogP contribution in [0.2, 0.25) is 0 Å². The van der Waals surface area contributed by atoms with Crippen LogP contribution in [0, 0.1) is 11.8 Å². The fourth-order valence-corrected chi connectivity index (χ4v) is 3.14. The number of hydrogen-bond acceptors (Lipinski definition) is 3. The summed E-state index contributed by atoms with van der Waals surface area (Å²) in [5.41, 5.74) is 2.66. The molecule has 5 heteroatoms. The number of hydrogen-bond donors (Lipinski definition) is 2. The van der Waals surface area contributed by atoms with Crippen molar-refractivity contribution >= 4 is 23.3 Å². The van der Waals surface area contributed by atoms with Crippen LogP contribution in [0.15, 0.2) is 54.6 Å². The maximum atomic E-state index is 12.4. The molecule has 1 saturated heterocycles. The van der Waals surface area contributed by atoms with Crippen LogP contribution in [0.3, 0.4) is 0 Å². The first-order valence-electron chi connectivity index (χ1n) is 8.76. The minimum atomic E-state index is -1.27. The van der Waals surface area contributed by atoms with Gasteiger partial charge in [-0.1, -0.05) is 56.3 Å². The molecule has 1 aliphatic rings. The Bertz CT molecular complexity index is 813. The van der Waals surface area contributed by atoms with Gasteiger partial charge in [0.1, 0.15) is 0 Å². The molecule has 1 fully saturated rings. The number of rotatable bonds is 5. The molecule has 0 radical (unpaired) electrons. The summed E-state index contributed by atoms with van der Waals surface area (Å²) in [5, 5.41) is 5.31. The average molecular weight is 350 g/mol. The molecule has 2 aromatic rings. The Morgan fingerprint density at radius 3 is 2.23 bits per heavy atom. The predicted molar refractivity (Wildman–Crippen MR) is 100 cm³/mol. The quantitative estimate of drug-likeness (QED) is 0.814. The lowest BCUT2D eigenvalue weighted by Crippen LogP contribution is -2.33. The van der Waals surface area contributed by atoms with Crippen molar-refractivity contribution in [2.75, 3.05) is 5.32 Å². The Balaban J connectivity index is 1.68. The van der Waals surface area contributed by atoms with Gasteiger partial charge in [-0.3, -0.25) is 14.4 Å². The highest BCUT2D eigenvalue weighted by molar-refractivity contribution is 6.26. The van der Waals surface area contributed by atoms with Crippen molar-refractivity contribution in [1.82, 2.24) is 5.32 Å². The van der Waals surface area contributed by atoms with Gasteiger partial charge in [0, 0.05) is 5.69 Å². The molecule has 0 bridgehead atoms. The first-order chi connectivity index (χ1) is 12.5. The molecule has 26 heavy (non-hydrogen) atoms. The number of nitrogens with one attached hydrogen (secondary N) is 2. The predicted octanol–water partition coefficient (Wildman–Crippen LogP) is 3.02. The molecule has 0 spiro atoms. The molecule has 0 aliphatic carbocycles. The topological polar surface area (TPSA) is 75.3 Å². The van der Waals surface area contributed by atoms with Crippen molar-refractivity contribution < 1.29 is 14.4 Å². The van der Waals surface area contributed by atoms with E-state index >= 15 is 0 Å². The van der Waals surface area contributed by atoms with Crippen LogP contribution in [-0.2, 0) is 14.4 Å². The van der Waals surface area contributed by atoms with E-state index < -0.39 is 23.8 Å². The molecule has 0 saturated carbocycles. The summed E-state index contributed by atoms with van der Waals surface area (Å²) in [7, 11) is 0. The minimum Gasteiger partial charge on any atom is -0.345 e. The number of ketones is 1. The van der Waals surface area contributed by atoms with Gasteiger partial charge in [0.15, 0.2) is 11.7 Å². The van der Waals surface area contributed by atoms with Crippen LogP contribution < -0.4 is 10.6 Å². The van der Waals surface area contributed by atoms with Gasteiger partial charge >= 0.3 is 0 Å². The molecule has 1 heterocycles. The van der Waals surface area contributed by atoms with Crippen molar-refractivity contribution in [3.05, 3.63) is 54.6 Å². The Labute approximate surface area is 152 Å². The molecule has 5 nitrogen and oxygen atoms in total. The van der Waals surface area contributed by atoms with E-state index in [1.165, 1.54) is 0 Å². The maximum absolute atomic E-state index is 12.4. The van der Waals surface area contributed by atoms with Crippen molar-refractivity contribution in [2.24, 2.45) is 11.8 Å². The van der Waals surface area contributed by atoms with E-state index in [0.717, 1.165) is 11.1 Å². The second-order valence-corrected chi connectivity index (χ2v) is 6.96. The molecule has 2 unspecified atom stereocenters. The van der Waals surface area contributed by atoms with Gasteiger partial charge < -0.3 is 10.6 Å². The van der Waals surface area contributed by atoms with Gasteiger partial charge in [0.2, 0.25) is 11.8 Å². The largest absolute Gasteiger partial charge is 0.345 e. The number of Topliss-reactive ketones (excluding diaryl/α,β-unsaturated/α-hetero) is 1. The molecule has 2 N–H and O–H groups in total. The summed E-state index contributed by atoms with van der Waals surface area (Å²) in [6.45, 7) is 3.95. The van der Waals surface area contributed by atoms with Crippen LogP contribution in [-0.4, -0.2) is 23.6 Å². The monoisotopic (exact) mass is 350 g/mol. The van der Waals surface area contributed by atoms with E-state index in [0.29, 0.717) is 12.1 Å². The Hall–Kier alpha value is -2.95. The summed E-state index contributed by atoms with van der Waals surface area (Å²) >= 11 is 0. The molecule has 2 amide bonds. The van der Waals surface area contributed by atoms with E-state index in [9.17, 15) is 14.4 Å². The lowest BCUT2D eigenvalue weighted by Gasteiger charge is -2.11. The van der Waals surface area contributed by atoms with Gasteiger partial charge in [0.25, 0.3) is 0 Å². The van der Waals surface area contributed by atoms with Gasteiger partial charge in [-0.15, -0.1) is 0 Å². The molecular weight excluding hydrogens is 328 g/mol. The van der Waals surface area contributed by atoms with E-state index in [2.05, 4.69) is 10.6 Å². The first kappa shape index (κ1) is 17.9. The summed E-state index contributed by atoms with van der Waals surface area (Å²) in [6, 6.07) is 16.6. The minimum absolute atomic E-state index is 0.261. The zero-order chi connectivity index (χ0) is 18.7. The molecule has 0 aromatic heterocycles. The van der Waals surface area contributed by atoms with Crippen LogP contribution >= 0.6 is 0 Å². The smallest absolute Gasteiger partial charge is 0.244 e. The van der Waals surface area contributed by atoms with Crippen LogP contribution in [0.5, 0.6) is 0 Å². The van der Waals surface area contributed by atoms with E-state index in [-0.39, 0.29) is 11.7 Å². The Kier molecular flexibility index (Phi) is 5.16. The number of amides is 2. The standard InChI is InChI=1S/C21H22N2O3/c1-13(2)12-17-19(24)18(21(26)23-17)20(25)22-16-10-8-15(9-11-16)14-6-4-3-5-7-14/h3-11,13,17-18H,12H2,1-2H3,(H,22,25)(H,23,26). The van der Waals surface area contributed by atoms with E-state index in [1.807, 2.05) is 56.3 Å². The third kappa shape index (κ3) is 3.82. The van der Waals surface area contributed by atoms with Gasteiger partial charge in [-0.2, -0.15) is 0 Å². The normalized spacial score (nSPS) is 19.5.